The van der Waals surface area contributed by atoms with Crippen LogP contribution in [0.1, 0.15) is 37.8 Å². The van der Waals surface area contributed by atoms with Crippen molar-refractivity contribution in [1.29, 1.82) is 0 Å². The Morgan fingerprint density at radius 2 is 1.96 bits per heavy atom. The van der Waals surface area contributed by atoms with E-state index in [2.05, 4.69) is 43.1 Å². The Morgan fingerprint density at radius 3 is 2.63 bits per heavy atom. The molecule has 4 rings (SSSR count). The summed E-state index contributed by atoms with van der Waals surface area (Å²) in [7, 11) is 4.02. The number of hydrogen-bond acceptors (Lipinski definition) is 6. The summed E-state index contributed by atoms with van der Waals surface area (Å²) >= 11 is 0. The van der Waals surface area contributed by atoms with Gasteiger partial charge in [0, 0.05) is 57.4 Å². The number of carbonyl (C=O) groups excluding carboxylic acids is 1. The molecule has 0 radical (unpaired) electrons. The minimum atomic E-state index is 0.291. The van der Waals surface area contributed by atoms with Crippen LogP contribution in [0, 0.1) is 12.3 Å². The Hall–Kier alpha value is -1.89. The van der Waals surface area contributed by atoms with E-state index in [-0.39, 0.29) is 0 Å². The van der Waals surface area contributed by atoms with E-state index in [1.807, 2.05) is 14.0 Å². The van der Waals surface area contributed by atoms with Crippen LogP contribution in [-0.2, 0) is 4.79 Å². The van der Waals surface area contributed by atoms with Crippen molar-refractivity contribution in [2.75, 3.05) is 57.0 Å². The lowest BCUT2D eigenvalue weighted by molar-refractivity contribution is -0.141. The third-order valence-corrected chi connectivity index (χ3v) is 6.71. The van der Waals surface area contributed by atoms with Gasteiger partial charge in [-0.25, -0.2) is 4.98 Å². The molecule has 4 heterocycles. The average Bonchev–Trinajstić information content (AvgIpc) is 3.10. The van der Waals surface area contributed by atoms with Crippen LogP contribution in [0.25, 0.3) is 0 Å². The molecule has 1 N–H and O–H groups in total. The van der Waals surface area contributed by atoms with Crippen LogP contribution in [0.4, 0.5) is 11.8 Å². The fourth-order valence-electron chi connectivity index (χ4n) is 4.99. The van der Waals surface area contributed by atoms with Crippen molar-refractivity contribution in [3.05, 3.63) is 11.8 Å². The van der Waals surface area contributed by atoms with Crippen LogP contribution in [0.3, 0.4) is 0 Å². The van der Waals surface area contributed by atoms with E-state index in [0.29, 0.717) is 23.3 Å². The summed E-state index contributed by atoms with van der Waals surface area (Å²) in [5.74, 6) is 2.07. The van der Waals surface area contributed by atoms with E-state index in [0.717, 1.165) is 76.3 Å². The molecular weight excluding hydrogens is 340 g/mol. The number of hydrogen-bond donors (Lipinski definition) is 1. The van der Waals surface area contributed by atoms with Gasteiger partial charge < -0.3 is 20.0 Å². The van der Waals surface area contributed by atoms with Crippen LogP contribution in [-0.4, -0.2) is 78.5 Å². The zero-order valence-corrected chi connectivity index (χ0v) is 16.9. The van der Waals surface area contributed by atoms with Crippen LogP contribution in [0.15, 0.2) is 6.07 Å². The lowest BCUT2D eigenvalue weighted by Gasteiger charge is -2.49. The topological polar surface area (TPSA) is 64.6 Å². The largest absolute Gasteiger partial charge is 0.357 e. The molecule has 3 saturated heterocycles. The fraction of sp³-hybridized carbons (Fsp3) is 0.750. The Labute approximate surface area is 162 Å². The zero-order valence-electron chi connectivity index (χ0n) is 16.9. The molecule has 1 amide bonds. The van der Waals surface area contributed by atoms with E-state index in [4.69, 9.17) is 0 Å². The maximum Gasteiger partial charge on any atom is 0.224 e. The highest BCUT2D eigenvalue weighted by molar-refractivity contribution is 5.77. The third-order valence-electron chi connectivity index (χ3n) is 6.71. The van der Waals surface area contributed by atoms with Gasteiger partial charge >= 0.3 is 0 Å². The quantitative estimate of drug-likeness (QED) is 0.872. The highest BCUT2D eigenvalue weighted by Gasteiger charge is 2.43. The molecule has 3 aliphatic heterocycles. The number of likely N-dealkylation sites (N-methyl/N-ethyl adjacent to an activating group) is 1. The van der Waals surface area contributed by atoms with E-state index in [1.54, 1.807) is 0 Å². The Bertz CT molecular complexity index is 700. The fourth-order valence-corrected chi connectivity index (χ4v) is 4.99. The second kappa shape index (κ2) is 7.26. The molecule has 1 aromatic heterocycles. The van der Waals surface area contributed by atoms with E-state index in [9.17, 15) is 4.79 Å². The number of rotatable bonds is 3. The first kappa shape index (κ1) is 18.5. The first-order valence-corrected chi connectivity index (χ1v) is 10.2. The molecule has 7 nitrogen and oxygen atoms in total. The molecule has 3 aliphatic rings. The maximum atomic E-state index is 12.6. The van der Waals surface area contributed by atoms with Crippen molar-refractivity contribution < 1.29 is 4.79 Å². The lowest BCUT2D eigenvalue weighted by atomic mass is 9.72. The Kier molecular flexibility index (Phi) is 4.97. The predicted molar refractivity (Wildman–Crippen MR) is 107 cm³/mol. The summed E-state index contributed by atoms with van der Waals surface area (Å²) in [4.78, 5) is 28.6. The highest BCUT2D eigenvalue weighted by atomic mass is 16.2. The number of nitrogens with one attached hydrogen (secondary N) is 1. The van der Waals surface area contributed by atoms with Gasteiger partial charge in [0.05, 0.1) is 0 Å². The molecule has 27 heavy (non-hydrogen) atoms. The molecular formula is C20H32N6O. The highest BCUT2D eigenvalue weighted by Crippen LogP contribution is 2.42. The third kappa shape index (κ3) is 3.74. The van der Waals surface area contributed by atoms with Crippen LogP contribution in [0.5, 0.6) is 0 Å². The second-order valence-electron chi connectivity index (χ2n) is 8.65. The number of aromatic nitrogens is 2. The Morgan fingerprint density at radius 1 is 1.19 bits per heavy atom. The molecule has 1 atom stereocenters. The summed E-state index contributed by atoms with van der Waals surface area (Å²) in [5.41, 5.74) is 1.28. The van der Waals surface area contributed by atoms with Crippen molar-refractivity contribution in [2.24, 2.45) is 5.41 Å². The van der Waals surface area contributed by atoms with Crippen LogP contribution >= 0.6 is 0 Å². The van der Waals surface area contributed by atoms with Gasteiger partial charge in [-0.15, -0.1) is 0 Å². The average molecular weight is 373 g/mol. The predicted octanol–water partition coefficient (Wildman–Crippen LogP) is 1.74. The first-order valence-electron chi connectivity index (χ1n) is 10.2. The van der Waals surface area contributed by atoms with Crippen molar-refractivity contribution in [3.63, 3.8) is 0 Å². The van der Waals surface area contributed by atoms with Crippen molar-refractivity contribution in [3.8, 4) is 0 Å². The molecule has 3 fully saturated rings. The van der Waals surface area contributed by atoms with Gasteiger partial charge in [0.2, 0.25) is 11.9 Å². The summed E-state index contributed by atoms with van der Waals surface area (Å²) < 4.78 is 0. The van der Waals surface area contributed by atoms with Crippen molar-refractivity contribution >= 4 is 17.7 Å². The van der Waals surface area contributed by atoms with Gasteiger partial charge in [0.15, 0.2) is 0 Å². The molecule has 1 unspecified atom stereocenters. The van der Waals surface area contributed by atoms with Gasteiger partial charge in [0.25, 0.3) is 0 Å². The lowest BCUT2D eigenvalue weighted by Crippen LogP contribution is -2.55. The monoisotopic (exact) mass is 372 g/mol. The number of nitrogens with zero attached hydrogens (tertiary/aromatic N) is 5. The number of anilines is 2. The van der Waals surface area contributed by atoms with Crippen molar-refractivity contribution in [1.82, 2.24) is 19.8 Å². The molecule has 1 spiro atoms. The summed E-state index contributed by atoms with van der Waals surface area (Å²) in [6, 6.07) is 2.49. The van der Waals surface area contributed by atoms with Gasteiger partial charge in [-0.1, -0.05) is 0 Å². The van der Waals surface area contributed by atoms with Gasteiger partial charge in [-0.05, 0) is 51.6 Å². The zero-order chi connectivity index (χ0) is 19.0. The van der Waals surface area contributed by atoms with Crippen molar-refractivity contribution in [2.45, 2.75) is 45.1 Å². The second-order valence-corrected chi connectivity index (χ2v) is 8.65. The minimum Gasteiger partial charge on any atom is -0.357 e. The number of aryl methyl sites for hydroxylation is 1. The Balaban J connectivity index is 1.43. The molecule has 148 valence electrons. The maximum absolute atomic E-state index is 12.6. The summed E-state index contributed by atoms with van der Waals surface area (Å²) in [6.45, 7) is 7.11. The molecule has 0 saturated carbocycles. The summed E-state index contributed by atoms with van der Waals surface area (Å²) in [5, 5.41) is 3.05. The van der Waals surface area contributed by atoms with Gasteiger partial charge in [0.1, 0.15) is 5.82 Å². The van der Waals surface area contributed by atoms with Gasteiger partial charge in [-0.3, -0.25) is 4.79 Å². The van der Waals surface area contributed by atoms with E-state index >= 15 is 0 Å². The van der Waals surface area contributed by atoms with E-state index in [1.165, 1.54) is 0 Å². The standard InChI is InChI=1S/C20H32N6O/c1-15-12-17(23-19(21-2)22-15)25-10-7-20(8-11-25)6-4-18(27)26(14-20)16-5-9-24(3)13-16/h12,16H,4-11,13-14H2,1-3H3,(H,21,22,23). The number of amides is 1. The SMILES string of the molecule is CNc1nc(C)cc(N2CCC3(CCC(=O)N(C4CCN(C)C4)C3)CC2)n1. The van der Waals surface area contributed by atoms with E-state index < -0.39 is 0 Å². The smallest absolute Gasteiger partial charge is 0.224 e. The van der Waals surface area contributed by atoms with Crippen LogP contribution in [0.2, 0.25) is 0 Å². The molecule has 1 aromatic rings. The molecule has 7 heteroatoms. The summed E-state index contributed by atoms with van der Waals surface area (Å²) in [6.07, 6.45) is 5.16. The number of carbonyl (C=O) groups is 1. The molecule has 0 aromatic carbocycles. The van der Waals surface area contributed by atoms with Crippen LogP contribution < -0.4 is 10.2 Å². The molecule has 0 bridgehead atoms. The minimum absolute atomic E-state index is 0.291. The molecule has 0 aliphatic carbocycles. The number of likely N-dealkylation sites (tertiary alicyclic amines) is 2. The number of piperidine rings is 2. The van der Waals surface area contributed by atoms with Gasteiger partial charge in [-0.2, -0.15) is 4.98 Å². The normalized spacial score (nSPS) is 26.0. The first-order chi connectivity index (χ1) is 13.0.